The molecule has 6 heteroatoms. The lowest BCUT2D eigenvalue weighted by molar-refractivity contribution is 0.210. The van der Waals surface area contributed by atoms with E-state index in [-0.39, 0.29) is 0 Å². The standard InChI is InChI=1S/C25H30ClN3O2/c1-3-30-23-15-18(16-24(25(23)26)31-4-2)17-29-13-10-19(11-14-29)28-22-9-12-27-21-8-6-5-7-20(21)22/h5-9,12,15-16,19H,3-4,10-11,13-14,17H2,1-2H3,(H,27,28). The lowest BCUT2D eigenvalue weighted by Crippen LogP contribution is -2.38. The van der Waals surface area contributed by atoms with Crippen LogP contribution >= 0.6 is 11.6 Å². The molecule has 0 radical (unpaired) electrons. The lowest BCUT2D eigenvalue weighted by Gasteiger charge is -2.33. The largest absolute Gasteiger partial charge is 0.492 e. The van der Waals surface area contributed by atoms with Gasteiger partial charge in [-0.1, -0.05) is 29.8 Å². The van der Waals surface area contributed by atoms with Gasteiger partial charge in [0.25, 0.3) is 0 Å². The molecule has 1 N–H and O–H groups in total. The smallest absolute Gasteiger partial charge is 0.141 e. The second-order valence-corrected chi connectivity index (χ2v) is 8.22. The fraction of sp³-hybridized carbons (Fsp3) is 0.400. The van der Waals surface area contributed by atoms with Crippen LogP contribution in [0, 0.1) is 0 Å². The molecular formula is C25H30ClN3O2. The van der Waals surface area contributed by atoms with Crippen molar-refractivity contribution in [3.8, 4) is 11.5 Å². The van der Waals surface area contributed by atoms with Gasteiger partial charge in [-0.2, -0.15) is 0 Å². The Balaban J connectivity index is 1.39. The molecule has 2 aromatic carbocycles. The zero-order valence-electron chi connectivity index (χ0n) is 18.2. The number of anilines is 1. The fourth-order valence-corrected chi connectivity index (χ4v) is 4.39. The Hall–Kier alpha value is -2.50. The van der Waals surface area contributed by atoms with Gasteiger partial charge in [0.15, 0.2) is 0 Å². The molecule has 0 aliphatic carbocycles. The molecule has 4 rings (SSSR count). The van der Waals surface area contributed by atoms with Gasteiger partial charge in [-0.25, -0.2) is 0 Å². The van der Waals surface area contributed by atoms with Gasteiger partial charge in [0.05, 0.1) is 18.7 Å². The summed E-state index contributed by atoms with van der Waals surface area (Å²) in [6.45, 7) is 8.03. The van der Waals surface area contributed by atoms with E-state index in [2.05, 4.69) is 39.5 Å². The van der Waals surface area contributed by atoms with Crippen molar-refractivity contribution in [3.63, 3.8) is 0 Å². The van der Waals surface area contributed by atoms with Crippen LogP contribution in [0.25, 0.3) is 10.9 Å². The molecule has 0 saturated carbocycles. The Morgan fingerprint density at radius 3 is 2.39 bits per heavy atom. The van der Waals surface area contributed by atoms with Gasteiger partial charge in [-0.15, -0.1) is 0 Å². The molecule has 31 heavy (non-hydrogen) atoms. The van der Waals surface area contributed by atoms with Crippen molar-refractivity contribution in [1.29, 1.82) is 0 Å². The van der Waals surface area contributed by atoms with Crippen LogP contribution in [0.3, 0.4) is 0 Å². The van der Waals surface area contributed by atoms with Crippen molar-refractivity contribution in [3.05, 3.63) is 59.2 Å². The number of ether oxygens (including phenoxy) is 2. The molecule has 1 aromatic heterocycles. The third kappa shape index (κ3) is 5.23. The average molecular weight is 440 g/mol. The number of aromatic nitrogens is 1. The summed E-state index contributed by atoms with van der Waals surface area (Å²) in [5.74, 6) is 1.40. The summed E-state index contributed by atoms with van der Waals surface area (Å²) in [5.41, 5.74) is 3.37. The predicted octanol–water partition coefficient (Wildman–Crippen LogP) is 5.76. The van der Waals surface area contributed by atoms with Crippen LogP contribution in [0.15, 0.2) is 48.7 Å². The summed E-state index contributed by atoms with van der Waals surface area (Å²) < 4.78 is 11.5. The highest BCUT2D eigenvalue weighted by Crippen LogP contribution is 2.36. The van der Waals surface area contributed by atoms with Gasteiger partial charge in [0.1, 0.15) is 16.5 Å². The number of piperidine rings is 1. The zero-order valence-corrected chi connectivity index (χ0v) is 19.0. The first-order valence-corrected chi connectivity index (χ1v) is 11.5. The Bertz CT molecular complexity index is 986. The minimum atomic E-state index is 0.463. The van der Waals surface area contributed by atoms with Gasteiger partial charge in [-0.3, -0.25) is 9.88 Å². The SMILES string of the molecule is CCOc1cc(CN2CCC(Nc3ccnc4ccccc34)CC2)cc(OCC)c1Cl. The van der Waals surface area contributed by atoms with Crippen LogP contribution in [0.1, 0.15) is 32.3 Å². The summed E-state index contributed by atoms with van der Waals surface area (Å²) in [6.07, 6.45) is 4.08. The Morgan fingerprint density at radius 1 is 1.03 bits per heavy atom. The molecule has 1 fully saturated rings. The summed E-state index contributed by atoms with van der Waals surface area (Å²) in [7, 11) is 0. The van der Waals surface area contributed by atoms with Gasteiger partial charge in [-0.05, 0) is 56.5 Å². The van der Waals surface area contributed by atoms with E-state index in [4.69, 9.17) is 21.1 Å². The molecule has 2 heterocycles. The number of nitrogens with one attached hydrogen (secondary N) is 1. The van der Waals surface area contributed by atoms with Crippen molar-refractivity contribution in [1.82, 2.24) is 9.88 Å². The topological polar surface area (TPSA) is 46.6 Å². The zero-order chi connectivity index (χ0) is 21.6. The van der Waals surface area contributed by atoms with Crippen LogP contribution in [0.5, 0.6) is 11.5 Å². The van der Waals surface area contributed by atoms with E-state index in [1.54, 1.807) is 0 Å². The number of nitrogens with zero attached hydrogens (tertiary/aromatic N) is 2. The lowest BCUT2D eigenvalue weighted by atomic mass is 10.0. The van der Waals surface area contributed by atoms with Crippen LogP contribution in [-0.4, -0.2) is 42.2 Å². The maximum Gasteiger partial charge on any atom is 0.141 e. The summed E-state index contributed by atoms with van der Waals surface area (Å²) in [5, 5.41) is 5.48. The van der Waals surface area contributed by atoms with Gasteiger partial charge in [0, 0.05) is 42.9 Å². The molecule has 3 aromatic rings. The van der Waals surface area contributed by atoms with E-state index in [0.29, 0.717) is 35.8 Å². The summed E-state index contributed by atoms with van der Waals surface area (Å²) in [6, 6.07) is 14.9. The van der Waals surface area contributed by atoms with Crippen molar-refractivity contribution in [2.24, 2.45) is 0 Å². The van der Waals surface area contributed by atoms with Crippen molar-refractivity contribution in [2.75, 3.05) is 31.6 Å². The third-order valence-electron chi connectivity index (χ3n) is 5.67. The summed E-state index contributed by atoms with van der Waals surface area (Å²) >= 11 is 6.44. The number of fused-ring (bicyclic) bond motifs is 1. The van der Waals surface area contributed by atoms with E-state index in [1.807, 2.05) is 38.2 Å². The van der Waals surface area contributed by atoms with Crippen molar-refractivity contribution in [2.45, 2.75) is 39.3 Å². The van der Waals surface area contributed by atoms with Crippen LogP contribution in [-0.2, 0) is 6.54 Å². The predicted molar refractivity (Wildman–Crippen MR) is 127 cm³/mol. The number of halogens is 1. The van der Waals surface area contributed by atoms with E-state index in [1.165, 1.54) is 16.6 Å². The summed E-state index contributed by atoms with van der Waals surface area (Å²) in [4.78, 5) is 6.95. The molecule has 0 amide bonds. The van der Waals surface area contributed by atoms with E-state index >= 15 is 0 Å². The quantitative estimate of drug-likeness (QED) is 0.483. The molecule has 1 saturated heterocycles. The average Bonchev–Trinajstić information content (AvgIpc) is 2.79. The van der Waals surface area contributed by atoms with Gasteiger partial charge in [0.2, 0.25) is 0 Å². The molecule has 164 valence electrons. The minimum absolute atomic E-state index is 0.463. The monoisotopic (exact) mass is 439 g/mol. The molecule has 0 spiro atoms. The maximum atomic E-state index is 6.44. The number of rotatable bonds is 8. The first-order chi connectivity index (χ1) is 15.2. The first kappa shape index (κ1) is 21.7. The number of hydrogen-bond acceptors (Lipinski definition) is 5. The molecule has 0 atom stereocenters. The van der Waals surface area contributed by atoms with Gasteiger partial charge < -0.3 is 14.8 Å². The molecule has 1 aliphatic heterocycles. The highest BCUT2D eigenvalue weighted by molar-refractivity contribution is 6.33. The maximum absolute atomic E-state index is 6.44. The van der Waals surface area contributed by atoms with Crippen LogP contribution in [0.2, 0.25) is 5.02 Å². The Morgan fingerprint density at radius 2 is 1.71 bits per heavy atom. The minimum Gasteiger partial charge on any atom is -0.492 e. The third-order valence-corrected chi connectivity index (χ3v) is 6.04. The molecule has 5 nitrogen and oxygen atoms in total. The number of benzene rings is 2. The van der Waals surface area contributed by atoms with Crippen molar-refractivity contribution < 1.29 is 9.47 Å². The van der Waals surface area contributed by atoms with Crippen molar-refractivity contribution >= 4 is 28.2 Å². The number of pyridine rings is 1. The number of likely N-dealkylation sites (tertiary alicyclic amines) is 1. The van der Waals surface area contributed by atoms with E-state index in [0.717, 1.165) is 38.0 Å². The fourth-order valence-electron chi connectivity index (χ4n) is 4.17. The van der Waals surface area contributed by atoms with Gasteiger partial charge >= 0.3 is 0 Å². The first-order valence-electron chi connectivity index (χ1n) is 11.1. The highest BCUT2D eigenvalue weighted by Gasteiger charge is 2.21. The second kappa shape index (κ2) is 10.2. The molecule has 1 aliphatic rings. The van der Waals surface area contributed by atoms with E-state index in [9.17, 15) is 0 Å². The normalized spacial score (nSPS) is 15.2. The molecule has 0 bridgehead atoms. The Kier molecular flexibility index (Phi) is 7.15. The number of para-hydroxylation sites is 1. The molecular weight excluding hydrogens is 410 g/mol. The molecule has 0 unspecified atom stereocenters. The second-order valence-electron chi connectivity index (χ2n) is 7.84. The van der Waals surface area contributed by atoms with Crippen LogP contribution in [0.4, 0.5) is 5.69 Å². The Labute approximate surface area is 189 Å². The van der Waals surface area contributed by atoms with E-state index < -0.39 is 0 Å². The highest BCUT2D eigenvalue weighted by atomic mass is 35.5. The van der Waals surface area contributed by atoms with Crippen LogP contribution < -0.4 is 14.8 Å². The number of hydrogen-bond donors (Lipinski definition) is 1.